The van der Waals surface area contributed by atoms with Crippen LogP contribution in [0.3, 0.4) is 0 Å². The fourth-order valence-electron chi connectivity index (χ4n) is 0. The molecule has 0 saturated carbocycles. The molecule has 0 aliphatic carbocycles. The lowest BCUT2D eigenvalue weighted by Gasteiger charge is -1.79. The van der Waals surface area contributed by atoms with Crippen molar-refractivity contribution in [3.8, 4) is 0 Å². The molecular formula is C7H16O. The van der Waals surface area contributed by atoms with Crippen LogP contribution in [0, 0.1) is 5.92 Å². The van der Waals surface area contributed by atoms with Gasteiger partial charge in [-0.15, -0.1) is 0 Å². The number of hydrogen-bond donors (Lipinski definition) is 0. The Bertz CT molecular complexity index is 48.7. The lowest BCUT2D eigenvalue weighted by molar-refractivity contribution is -0.114. The first kappa shape index (κ1) is 10.6. The highest BCUT2D eigenvalue weighted by Crippen LogP contribution is 1.81. The molecule has 0 aromatic carbocycles. The molecule has 1 nitrogen and oxygen atoms in total. The molecule has 0 aliphatic rings. The summed E-state index contributed by atoms with van der Waals surface area (Å²) < 4.78 is 0. The van der Waals surface area contributed by atoms with Crippen LogP contribution in [-0.2, 0) is 4.79 Å². The Kier molecular flexibility index (Phi) is 8.85. The minimum atomic E-state index is 0.167. The largest absolute Gasteiger partial charge is 0.300 e. The average Bonchev–Trinajstić information content (AvgIpc) is 1.25. The summed E-state index contributed by atoms with van der Waals surface area (Å²) in [5.74, 6) is 1.00. The topological polar surface area (TPSA) is 17.1 Å². The van der Waals surface area contributed by atoms with Gasteiger partial charge in [0, 0.05) is 0 Å². The minimum Gasteiger partial charge on any atom is -0.300 e. The summed E-state index contributed by atoms with van der Waals surface area (Å²) in [5.41, 5.74) is 0. The Balaban J connectivity index is 0. The second kappa shape index (κ2) is 6.67. The van der Waals surface area contributed by atoms with Crippen LogP contribution in [0.5, 0.6) is 0 Å². The highest BCUT2D eigenvalue weighted by Gasteiger charge is 1.68. The van der Waals surface area contributed by atoms with Crippen LogP contribution in [0.2, 0.25) is 0 Å². The third kappa shape index (κ3) is 1140. The molecule has 0 N–H and O–H groups in total. The lowest BCUT2D eigenvalue weighted by atomic mass is 10.3. The molecule has 1 heteroatoms. The molecule has 0 aromatic rings. The summed E-state index contributed by atoms with van der Waals surface area (Å²) >= 11 is 0. The fraction of sp³-hybridized carbons (Fsp3) is 0.857. The molecule has 0 radical (unpaired) electrons. The van der Waals surface area contributed by atoms with Crippen molar-refractivity contribution in [1.29, 1.82) is 0 Å². The Labute approximate surface area is 52.1 Å². The zero-order valence-electron chi connectivity index (χ0n) is 6.49. The summed E-state index contributed by atoms with van der Waals surface area (Å²) in [6.45, 7) is 9.56. The molecule has 0 spiro atoms. The van der Waals surface area contributed by atoms with Crippen LogP contribution in [0.1, 0.15) is 34.6 Å². The van der Waals surface area contributed by atoms with Gasteiger partial charge in [-0.05, 0) is 19.8 Å². The van der Waals surface area contributed by atoms with Gasteiger partial charge in [-0.2, -0.15) is 0 Å². The van der Waals surface area contributed by atoms with Gasteiger partial charge >= 0.3 is 0 Å². The van der Waals surface area contributed by atoms with Gasteiger partial charge in [-0.1, -0.05) is 20.8 Å². The van der Waals surface area contributed by atoms with E-state index in [0.717, 1.165) is 5.92 Å². The standard InChI is InChI=1S/C4H10.C3H6O/c1-4(2)3;1-3(2)4/h4H,1-3H3;1-2H3. The molecule has 0 amide bonds. The molecule has 0 bridgehead atoms. The van der Waals surface area contributed by atoms with Crippen molar-refractivity contribution in [2.24, 2.45) is 5.92 Å². The predicted molar refractivity (Wildman–Crippen MR) is 36.9 cm³/mol. The maximum atomic E-state index is 9.44. The molecule has 8 heavy (non-hydrogen) atoms. The van der Waals surface area contributed by atoms with Gasteiger partial charge in [0.2, 0.25) is 0 Å². The highest BCUT2D eigenvalue weighted by molar-refractivity contribution is 5.72. The summed E-state index contributed by atoms with van der Waals surface area (Å²) in [4.78, 5) is 9.44. The van der Waals surface area contributed by atoms with Crippen LogP contribution in [-0.4, -0.2) is 5.78 Å². The Morgan fingerprint density at radius 3 is 1.12 bits per heavy atom. The summed E-state index contributed by atoms with van der Waals surface area (Å²) in [6.07, 6.45) is 0. The maximum Gasteiger partial charge on any atom is 0.126 e. The number of ketones is 1. The molecular weight excluding hydrogens is 100 g/mol. The van der Waals surface area contributed by atoms with Crippen molar-refractivity contribution in [2.75, 3.05) is 0 Å². The van der Waals surface area contributed by atoms with Crippen LogP contribution in [0.15, 0.2) is 0 Å². The van der Waals surface area contributed by atoms with Gasteiger partial charge in [-0.3, -0.25) is 0 Å². The summed E-state index contributed by atoms with van der Waals surface area (Å²) in [6, 6.07) is 0. The number of hydrogen-bond acceptors (Lipinski definition) is 1. The van der Waals surface area contributed by atoms with Crippen molar-refractivity contribution < 1.29 is 4.79 Å². The van der Waals surface area contributed by atoms with Crippen LogP contribution >= 0.6 is 0 Å². The highest BCUT2D eigenvalue weighted by atomic mass is 16.1. The minimum absolute atomic E-state index is 0.167. The smallest absolute Gasteiger partial charge is 0.126 e. The van der Waals surface area contributed by atoms with Crippen molar-refractivity contribution >= 4 is 5.78 Å². The molecule has 0 aromatic heterocycles. The first-order valence-electron chi connectivity index (χ1n) is 2.94. The Hall–Kier alpha value is -0.330. The third-order valence-electron chi connectivity index (χ3n) is 0. The molecule has 0 heterocycles. The average molecular weight is 116 g/mol. The van der Waals surface area contributed by atoms with Crippen LogP contribution < -0.4 is 0 Å². The zero-order chi connectivity index (χ0) is 7.15. The van der Waals surface area contributed by atoms with Crippen molar-refractivity contribution in [1.82, 2.24) is 0 Å². The fourth-order valence-corrected chi connectivity index (χ4v) is 0. The molecule has 0 atom stereocenters. The molecule has 0 aliphatic heterocycles. The van der Waals surface area contributed by atoms with E-state index in [9.17, 15) is 4.79 Å². The van der Waals surface area contributed by atoms with E-state index in [2.05, 4.69) is 20.8 Å². The van der Waals surface area contributed by atoms with E-state index in [1.54, 1.807) is 0 Å². The maximum absolute atomic E-state index is 9.44. The van der Waals surface area contributed by atoms with E-state index in [0.29, 0.717) is 0 Å². The number of rotatable bonds is 0. The van der Waals surface area contributed by atoms with Gasteiger partial charge in [0.25, 0.3) is 0 Å². The predicted octanol–water partition coefficient (Wildman–Crippen LogP) is 2.26. The molecule has 0 unspecified atom stereocenters. The second-order valence-electron chi connectivity index (χ2n) is 2.64. The van der Waals surface area contributed by atoms with Crippen molar-refractivity contribution in [3.63, 3.8) is 0 Å². The molecule has 50 valence electrons. The molecule has 0 rings (SSSR count). The monoisotopic (exact) mass is 116 g/mol. The first-order valence-corrected chi connectivity index (χ1v) is 2.94. The van der Waals surface area contributed by atoms with Gasteiger partial charge < -0.3 is 4.79 Å². The van der Waals surface area contributed by atoms with E-state index in [4.69, 9.17) is 0 Å². The zero-order valence-corrected chi connectivity index (χ0v) is 6.49. The molecule has 0 fully saturated rings. The molecule has 0 saturated heterocycles. The normalized spacial score (nSPS) is 7.75. The number of Topliss-reactive ketones (excluding diaryl/α,β-unsaturated/α-hetero) is 1. The van der Waals surface area contributed by atoms with Gasteiger partial charge in [-0.25, -0.2) is 0 Å². The first-order chi connectivity index (χ1) is 3.46. The summed E-state index contributed by atoms with van der Waals surface area (Å²) in [5, 5.41) is 0. The van der Waals surface area contributed by atoms with E-state index in [1.807, 2.05) is 0 Å². The van der Waals surface area contributed by atoms with E-state index < -0.39 is 0 Å². The van der Waals surface area contributed by atoms with Gasteiger partial charge in [0.1, 0.15) is 5.78 Å². The van der Waals surface area contributed by atoms with E-state index >= 15 is 0 Å². The Morgan fingerprint density at radius 1 is 1.12 bits per heavy atom. The third-order valence-corrected chi connectivity index (χ3v) is 0. The SMILES string of the molecule is CC(C)=O.CC(C)C. The number of carbonyl (C=O) groups is 1. The van der Waals surface area contributed by atoms with Crippen LogP contribution in [0.4, 0.5) is 0 Å². The second-order valence-corrected chi connectivity index (χ2v) is 2.64. The van der Waals surface area contributed by atoms with E-state index in [1.165, 1.54) is 13.8 Å². The summed E-state index contributed by atoms with van der Waals surface area (Å²) in [7, 11) is 0. The van der Waals surface area contributed by atoms with Gasteiger partial charge in [0.05, 0.1) is 0 Å². The van der Waals surface area contributed by atoms with Crippen molar-refractivity contribution in [3.05, 3.63) is 0 Å². The Morgan fingerprint density at radius 2 is 1.12 bits per heavy atom. The van der Waals surface area contributed by atoms with E-state index in [-0.39, 0.29) is 5.78 Å². The number of carbonyl (C=O) groups excluding carboxylic acids is 1. The van der Waals surface area contributed by atoms with Crippen LogP contribution in [0.25, 0.3) is 0 Å². The quantitative estimate of drug-likeness (QED) is 0.474. The lowest BCUT2D eigenvalue weighted by Crippen LogP contribution is -1.69. The van der Waals surface area contributed by atoms with Gasteiger partial charge in [0.15, 0.2) is 0 Å². The van der Waals surface area contributed by atoms with Crippen molar-refractivity contribution in [2.45, 2.75) is 34.6 Å².